The standard InChI is InChI=1S/C12H17NO2S/c1-9(7-8-12(14)15)13-10-5-3-4-6-11(10)16-2/h3-6,9,13H,7-8H2,1-2H3,(H,14,15). The van der Waals surface area contributed by atoms with E-state index in [1.54, 1.807) is 11.8 Å². The smallest absolute Gasteiger partial charge is 0.303 e. The molecule has 1 unspecified atom stereocenters. The van der Waals surface area contributed by atoms with Gasteiger partial charge >= 0.3 is 5.97 Å². The lowest BCUT2D eigenvalue weighted by atomic mass is 10.1. The Morgan fingerprint density at radius 2 is 2.19 bits per heavy atom. The predicted molar refractivity (Wildman–Crippen MR) is 68.2 cm³/mol. The minimum absolute atomic E-state index is 0.171. The largest absolute Gasteiger partial charge is 0.481 e. The van der Waals surface area contributed by atoms with E-state index in [0.29, 0.717) is 6.42 Å². The van der Waals surface area contributed by atoms with Crippen molar-refractivity contribution in [3.63, 3.8) is 0 Å². The molecular weight excluding hydrogens is 222 g/mol. The minimum atomic E-state index is -0.744. The lowest BCUT2D eigenvalue weighted by Crippen LogP contribution is -2.16. The summed E-state index contributed by atoms with van der Waals surface area (Å²) in [5.74, 6) is -0.744. The molecule has 0 saturated carbocycles. The maximum atomic E-state index is 10.4. The number of carboxylic acid groups (broad SMARTS) is 1. The topological polar surface area (TPSA) is 49.3 Å². The number of thioether (sulfide) groups is 1. The fourth-order valence-electron chi connectivity index (χ4n) is 1.44. The fraction of sp³-hybridized carbons (Fsp3) is 0.417. The summed E-state index contributed by atoms with van der Waals surface area (Å²) in [7, 11) is 0. The average molecular weight is 239 g/mol. The zero-order chi connectivity index (χ0) is 12.0. The Labute approximate surface area is 100 Å². The molecule has 0 aromatic heterocycles. The molecule has 0 amide bonds. The molecular formula is C12H17NO2S. The third-order valence-electron chi connectivity index (χ3n) is 2.30. The van der Waals surface area contributed by atoms with Crippen LogP contribution in [0.1, 0.15) is 19.8 Å². The van der Waals surface area contributed by atoms with Gasteiger partial charge in [0.05, 0.1) is 0 Å². The summed E-state index contributed by atoms with van der Waals surface area (Å²) in [6, 6.07) is 8.22. The van der Waals surface area contributed by atoms with E-state index in [2.05, 4.69) is 11.4 Å². The molecule has 0 spiro atoms. The Balaban J connectivity index is 2.55. The Bertz CT molecular complexity index is 355. The number of hydrogen-bond donors (Lipinski definition) is 2. The number of anilines is 1. The zero-order valence-corrected chi connectivity index (χ0v) is 10.4. The summed E-state index contributed by atoms with van der Waals surface area (Å²) in [5.41, 5.74) is 1.08. The normalized spacial score (nSPS) is 12.1. The van der Waals surface area contributed by atoms with Crippen LogP contribution in [0, 0.1) is 0 Å². The van der Waals surface area contributed by atoms with Crippen molar-refractivity contribution in [2.75, 3.05) is 11.6 Å². The van der Waals surface area contributed by atoms with Gasteiger partial charge in [0, 0.05) is 23.0 Å². The molecule has 1 aromatic rings. The van der Waals surface area contributed by atoms with Crippen molar-refractivity contribution in [2.24, 2.45) is 0 Å². The second-order valence-corrected chi connectivity index (χ2v) is 4.53. The van der Waals surface area contributed by atoms with Crippen LogP contribution >= 0.6 is 11.8 Å². The van der Waals surface area contributed by atoms with Gasteiger partial charge in [-0.1, -0.05) is 12.1 Å². The Morgan fingerprint density at radius 3 is 2.81 bits per heavy atom. The van der Waals surface area contributed by atoms with Gasteiger partial charge in [-0.15, -0.1) is 11.8 Å². The van der Waals surface area contributed by atoms with E-state index in [-0.39, 0.29) is 12.5 Å². The summed E-state index contributed by atoms with van der Waals surface area (Å²) in [4.78, 5) is 11.6. The summed E-state index contributed by atoms with van der Waals surface area (Å²) in [5, 5.41) is 11.9. The third kappa shape index (κ3) is 4.14. The van der Waals surface area contributed by atoms with Gasteiger partial charge in [0.15, 0.2) is 0 Å². The van der Waals surface area contributed by atoms with Gasteiger partial charge in [-0.05, 0) is 31.7 Å². The van der Waals surface area contributed by atoms with Gasteiger partial charge in [-0.3, -0.25) is 4.79 Å². The highest BCUT2D eigenvalue weighted by molar-refractivity contribution is 7.98. The SMILES string of the molecule is CSc1ccccc1NC(C)CCC(=O)O. The molecule has 0 bridgehead atoms. The Hall–Kier alpha value is -1.16. The fourth-order valence-corrected chi connectivity index (χ4v) is 2.00. The van der Waals surface area contributed by atoms with Crippen molar-refractivity contribution in [2.45, 2.75) is 30.7 Å². The molecule has 0 radical (unpaired) electrons. The number of nitrogens with one attached hydrogen (secondary N) is 1. The molecule has 3 nitrogen and oxygen atoms in total. The molecule has 16 heavy (non-hydrogen) atoms. The summed E-state index contributed by atoms with van der Waals surface area (Å²) in [6.07, 6.45) is 2.87. The molecule has 0 aliphatic heterocycles. The van der Waals surface area contributed by atoms with E-state index in [0.717, 1.165) is 5.69 Å². The Kier molecular flexibility index (Phi) is 5.19. The molecule has 4 heteroatoms. The first-order chi connectivity index (χ1) is 7.63. The molecule has 0 heterocycles. The van der Waals surface area contributed by atoms with Gasteiger partial charge in [-0.2, -0.15) is 0 Å². The van der Waals surface area contributed by atoms with E-state index in [1.165, 1.54) is 4.90 Å². The van der Waals surface area contributed by atoms with Crippen molar-refractivity contribution in [3.8, 4) is 0 Å². The number of para-hydroxylation sites is 1. The second-order valence-electron chi connectivity index (χ2n) is 3.68. The Morgan fingerprint density at radius 1 is 1.50 bits per heavy atom. The van der Waals surface area contributed by atoms with Crippen LogP contribution in [0.2, 0.25) is 0 Å². The van der Waals surface area contributed by atoms with Gasteiger partial charge in [0.2, 0.25) is 0 Å². The van der Waals surface area contributed by atoms with Crippen LogP contribution in [0.3, 0.4) is 0 Å². The van der Waals surface area contributed by atoms with Crippen molar-refractivity contribution in [3.05, 3.63) is 24.3 Å². The number of aliphatic carboxylic acids is 1. The molecule has 1 atom stereocenters. The molecule has 1 aromatic carbocycles. The minimum Gasteiger partial charge on any atom is -0.481 e. The van der Waals surface area contributed by atoms with E-state index in [9.17, 15) is 4.79 Å². The highest BCUT2D eigenvalue weighted by atomic mass is 32.2. The number of carboxylic acids is 1. The maximum absolute atomic E-state index is 10.4. The molecule has 0 saturated heterocycles. The predicted octanol–water partition coefficient (Wildman–Crippen LogP) is 3.07. The van der Waals surface area contributed by atoms with E-state index in [1.807, 2.05) is 31.4 Å². The first-order valence-corrected chi connectivity index (χ1v) is 6.47. The molecule has 1 rings (SSSR count). The summed E-state index contributed by atoms with van der Waals surface area (Å²) in [6.45, 7) is 2.00. The number of carbonyl (C=O) groups is 1. The lowest BCUT2D eigenvalue weighted by molar-refractivity contribution is -0.137. The highest BCUT2D eigenvalue weighted by Crippen LogP contribution is 2.25. The van der Waals surface area contributed by atoms with Crippen LogP contribution < -0.4 is 5.32 Å². The van der Waals surface area contributed by atoms with E-state index >= 15 is 0 Å². The van der Waals surface area contributed by atoms with Crippen molar-refractivity contribution >= 4 is 23.4 Å². The first-order valence-electron chi connectivity index (χ1n) is 5.25. The van der Waals surface area contributed by atoms with Crippen LogP contribution in [0.25, 0.3) is 0 Å². The number of rotatable bonds is 6. The van der Waals surface area contributed by atoms with E-state index in [4.69, 9.17) is 5.11 Å². The quantitative estimate of drug-likeness (QED) is 0.749. The first kappa shape index (κ1) is 12.9. The molecule has 0 fully saturated rings. The van der Waals surface area contributed by atoms with Gasteiger partial charge in [0.25, 0.3) is 0 Å². The van der Waals surface area contributed by atoms with Crippen molar-refractivity contribution in [1.29, 1.82) is 0 Å². The monoisotopic (exact) mass is 239 g/mol. The van der Waals surface area contributed by atoms with Crippen LogP contribution in [0.15, 0.2) is 29.2 Å². The zero-order valence-electron chi connectivity index (χ0n) is 9.56. The summed E-state index contributed by atoms with van der Waals surface area (Å²) >= 11 is 1.68. The van der Waals surface area contributed by atoms with Gasteiger partial charge < -0.3 is 10.4 Å². The van der Waals surface area contributed by atoms with Crippen LogP contribution in [-0.4, -0.2) is 23.4 Å². The molecule has 2 N–H and O–H groups in total. The van der Waals surface area contributed by atoms with Crippen LogP contribution in [0.5, 0.6) is 0 Å². The van der Waals surface area contributed by atoms with Crippen molar-refractivity contribution < 1.29 is 9.90 Å². The lowest BCUT2D eigenvalue weighted by Gasteiger charge is -2.16. The van der Waals surface area contributed by atoms with E-state index < -0.39 is 5.97 Å². The molecule has 0 aliphatic rings. The highest BCUT2D eigenvalue weighted by Gasteiger charge is 2.07. The third-order valence-corrected chi connectivity index (χ3v) is 3.10. The number of hydrogen-bond acceptors (Lipinski definition) is 3. The van der Waals surface area contributed by atoms with Gasteiger partial charge in [0.1, 0.15) is 0 Å². The van der Waals surface area contributed by atoms with Gasteiger partial charge in [-0.25, -0.2) is 0 Å². The average Bonchev–Trinajstić information content (AvgIpc) is 2.27. The van der Waals surface area contributed by atoms with Crippen LogP contribution in [0.4, 0.5) is 5.69 Å². The van der Waals surface area contributed by atoms with Crippen LogP contribution in [-0.2, 0) is 4.79 Å². The summed E-state index contributed by atoms with van der Waals surface area (Å²) < 4.78 is 0. The molecule has 0 aliphatic carbocycles. The van der Waals surface area contributed by atoms with Crippen molar-refractivity contribution in [1.82, 2.24) is 0 Å². The maximum Gasteiger partial charge on any atom is 0.303 e. The number of benzene rings is 1. The second kappa shape index (κ2) is 6.43. The molecule has 88 valence electrons.